The Hall–Kier alpha value is -2.67. The Kier molecular flexibility index (Phi) is 5.20. The van der Waals surface area contributed by atoms with E-state index in [4.69, 9.17) is 0 Å². The smallest absolute Gasteiger partial charge is 0.251 e. The van der Waals surface area contributed by atoms with Gasteiger partial charge in [0.05, 0.1) is 6.04 Å². The van der Waals surface area contributed by atoms with E-state index in [1.54, 1.807) is 17.8 Å². The van der Waals surface area contributed by atoms with Crippen LogP contribution in [0.15, 0.2) is 53.9 Å². The molecule has 2 N–H and O–H groups in total. The van der Waals surface area contributed by atoms with Gasteiger partial charge in [-0.1, -0.05) is 30.0 Å². The van der Waals surface area contributed by atoms with Crippen LogP contribution in [0.5, 0.6) is 0 Å². The average molecular weight is 382 g/mol. The number of hydrogen-bond donors (Lipinski definition) is 2. The molecule has 27 heavy (non-hydrogen) atoms. The molecular formula is C20H19FN4OS. The highest BCUT2D eigenvalue weighted by atomic mass is 32.2. The highest BCUT2D eigenvalue weighted by Gasteiger charge is 2.22. The lowest BCUT2D eigenvalue weighted by Gasteiger charge is -2.26. The third-order valence-electron chi connectivity index (χ3n) is 4.71. The molecule has 1 atom stereocenters. The number of carbonyl (C=O) groups excluding carboxylic acids is 1. The number of amides is 1. The van der Waals surface area contributed by atoms with Gasteiger partial charge in [-0.05, 0) is 60.2 Å². The van der Waals surface area contributed by atoms with Crippen LogP contribution in [0, 0.1) is 5.82 Å². The molecule has 0 spiro atoms. The number of carbonyl (C=O) groups is 1. The van der Waals surface area contributed by atoms with Crippen molar-refractivity contribution in [3.63, 3.8) is 0 Å². The highest BCUT2D eigenvalue weighted by molar-refractivity contribution is 7.98. The van der Waals surface area contributed by atoms with Crippen LogP contribution in [0.4, 0.5) is 4.39 Å². The van der Waals surface area contributed by atoms with Crippen molar-refractivity contribution in [1.29, 1.82) is 0 Å². The SMILES string of the molecule is O=C(N[C@H]1CCCc2ccc(F)cc21)c1ccc(CSc2ncn[nH]2)cc1. The van der Waals surface area contributed by atoms with Gasteiger partial charge in [0.1, 0.15) is 12.1 Å². The first-order valence-electron chi connectivity index (χ1n) is 8.85. The van der Waals surface area contributed by atoms with Crippen LogP contribution in [0.1, 0.15) is 45.9 Å². The van der Waals surface area contributed by atoms with Crippen molar-refractivity contribution in [3.05, 3.63) is 76.9 Å². The summed E-state index contributed by atoms with van der Waals surface area (Å²) in [6.45, 7) is 0. The minimum atomic E-state index is -0.261. The number of fused-ring (bicyclic) bond motifs is 1. The average Bonchev–Trinajstić information content (AvgIpc) is 3.21. The maximum Gasteiger partial charge on any atom is 0.251 e. The Balaban J connectivity index is 1.41. The zero-order valence-corrected chi connectivity index (χ0v) is 15.4. The van der Waals surface area contributed by atoms with Crippen molar-refractivity contribution in [2.24, 2.45) is 0 Å². The molecule has 1 amide bonds. The molecule has 1 aromatic heterocycles. The van der Waals surface area contributed by atoms with Crippen LogP contribution in [-0.4, -0.2) is 21.1 Å². The van der Waals surface area contributed by atoms with Crippen LogP contribution >= 0.6 is 11.8 Å². The summed E-state index contributed by atoms with van der Waals surface area (Å²) in [7, 11) is 0. The lowest BCUT2D eigenvalue weighted by molar-refractivity contribution is 0.0932. The molecule has 1 aliphatic carbocycles. The molecule has 3 aromatic rings. The predicted molar refractivity (Wildman–Crippen MR) is 102 cm³/mol. The Labute approximate surface area is 160 Å². The third-order valence-corrected chi connectivity index (χ3v) is 5.66. The predicted octanol–water partition coefficient (Wildman–Crippen LogP) is 4.04. The van der Waals surface area contributed by atoms with E-state index in [-0.39, 0.29) is 17.8 Å². The van der Waals surface area contributed by atoms with Gasteiger partial charge in [-0.2, -0.15) is 5.10 Å². The van der Waals surface area contributed by atoms with Crippen molar-refractivity contribution < 1.29 is 9.18 Å². The number of aromatic nitrogens is 3. The summed E-state index contributed by atoms with van der Waals surface area (Å²) in [5, 5.41) is 10.4. The zero-order valence-electron chi connectivity index (χ0n) is 14.6. The minimum absolute atomic E-state index is 0.133. The molecule has 1 aliphatic rings. The van der Waals surface area contributed by atoms with Crippen molar-refractivity contribution in [2.75, 3.05) is 0 Å². The molecule has 138 valence electrons. The summed E-state index contributed by atoms with van der Waals surface area (Å²) >= 11 is 1.55. The van der Waals surface area contributed by atoms with E-state index in [9.17, 15) is 9.18 Å². The molecule has 4 rings (SSSR count). The maximum absolute atomic E-state index is 13.6. The molecule has 2 aromatic carbocycles. The third kappa shape index (κ3) is 4.19. The summed E-state index contributed by atoms with van der Waals surface area (Å²) in [5.41, 5.74) is 3.72. The second-order valence-corrected chi connectivity index (χ2v) is 7.50. The summed E-state index contributed by atoms with van der Waals surface area (Å²) < 4.78 is 13.6. The van der Waals surface area contributed by atoms with E-state index in [0.29, 0.717) is 5.56 Å². The second kappa shape index (κ2) is 7.92. The number of halogens is 1. The van der Waals surface area contributed by atoms with E-state index in [2.05, 4.69) is 20.5 Å². The number of aromatic amines is 1. The number of nitrogens with zero attached hydrogens (tertiary/aromatic N) is 2. The van der Waals surface area contributed by atoms with Crippen molar-refractivity contribution in [1.82, 2.24) is 20.5 Å². The molecule has 0 saturated carbocycles. The molecule has 5 nitrogen and oxygen atoms in total. The van der Waals surface area contributed by atoms with Crippen molar-refractivity contribution in [2.45, 2.75) is 36.2 Å². The van der Waals surface area contributed by atoms with Crippen molar-refractivity contribution >= 4 is 17.7 Å². The van der Waals surface area contributed by atoms with Crippen LogP contribution in [0.3, 0.4) is 0 Å². The Morgan fingerprint density at radius 1 is 1.26 bits per heavy atom. The summed E-state index contributed by atoms with van der Waals surface area (Å²) in [6, 6.07) is 12.2. The number of rotatable bonds is 5. The Bertz CT molecular complexity index is 928. The van der Waals surface area contributed by atoms with Gasteiger partial charge in [-0.15, -0.1) is 0 Å². The minimum Gasteiger partial charge on any atom is -0.345 e. The first-order valence-corrected chi connectivity index (χ1v) is 9.84. The molecular weight excluding hydrogens is 363 g/mol. The second-order valence-electron chi connectivity index (χ2n) is 6.54. The monoisotopic (exact) mass is 382 g/mol. The molecule has 0 radical (unpaired) electrons. The van der Waals surface area contributed by atoms with Gasteiger partial charge < -0.3 is 5.32 Å². The topological polar surface area (TPSA) is 70.7 Å². The van der Waals surface area contributed by atoms with Crippen molar-refractivity contribution in [3.8, 4) is 0 Å². The van der Waals surface area contributed by atoms with Crippen LogP contribution in [0.25, 0.3) is 0 Å². The molecule has 0 saturated heterocycles. The van der Waals surface area contributed by atoms with E-state index in [0.717, 1.165) is 46.9 Å². The fraction of sp³-hybridized carbons (Fsp3) is 0.250. The van der Waals surface area contributed by atoms with Gasteiger partial charge in [0.2, 0.25) is 0 Å². The normalized spacial score (nSPS) is 16.0. The van der Waals surface area contributed by atoms with Crippen LogP contribution in [0.2, 0.25) is 0 Å². The van der Waals surface area contributed by atoms with Gasteiger partial charge >= 0.3 is 0 Å². The molecule has 0 fully saturated rings. The quantitative estimate of drug-likeness (QED) is 0.653. The van der Waals surface area contributed by atoms with E-state index in [1.165, 1.54) is 12.4 Å². The van der Waals surface area contributed by atoms with Crippen LogP contribution in [-0.2, 0) is 12.2 Å². The first-order chi connectivity index (χ1) is 13.2. The number of thioether (sulfide) groups is 1. The van der Waals surface area contributed by atoms with Gasteiger partial charge in [0.25, 0.3) is 5.91 Å². The van der Waals surface area contributed by atoms with E-state index in [1.807, 2.05) is 30.3 Å². The maximum atomic E-state index is 13.6. The Morgan fingerprint density at radius 3 is 2.89 bits per heavy atom. The number of benzene rings is 2. The summed E-state index contributed by atoms with van der Waals surface area (Å²) in [5.74, 6) is 0.349. The number of aryl methyl sites for hydroxylation is 1. The molecule has 0 aliphatic heterocycles. The number of H-pyrrole nitrogens is 1. The van der Waals surface area contributed by atoms with Gasteiger partial charge in [0, 0.05) is 11.3 Å². The Morgan fingerprint density at radius 2 is 2.11 bits per heavy atom. The summed E-state index contributed by atoms with van der Waals surface area (Å²) in [6.07, 6.45) is 4.22. The fourth-order valence-electron chi connectivity index (χ4n) is 3.33. The van der Waals surface area contributed by atoms with Crippen LogP contribution < -0.4 is 5.32 Å². The first kappa shape index (κ1) is 17.7. The lowest BCUT2D eigenvalue weighted by atomic mass is 9.87. The van der Waals surface area contributed by atoms with Gasteiger partial charge in [-0.3, -0.25) is 9.89 Å². The molecule has 0 unspecified atom stereocenters. The summed E-state index contributed by atoms with van der Waals surface area (Å²) in [4.78, 5) is 16.7. The molecule has 1 heterocycles. The fourth-order valence-corrected chi connectivity index (χ4v) is 4.06. The van der Waals surface area contributed by atoms with E-state index >= 15 is 0 Å². The zero-order chi connectivity index (χ0) is 18.6. The molecule has 0 bridgehead atoms. The van der Waals surface area contributed by atoms with E-state index < -0.39 is 0 Å². The van der Waals surface area contributed by atoms with Gasteiger partial charge in [-0.25, -0.2) is 9.37 Å². The standard InChI is InChI=1S/C20H19FN4OS/c21-16-9-8-14-2-1-3-18(17(14)10-16)24-19(26)15-6-4-13(5-7-15)11-27-20-22-12-23-25-20/h4-10,12,18H,1-3,11H2,(H,24,26)(H,22,23,25)/t18-/m0/s1. The molecule has 7 heteroatoms. The van der Waals surface area contributed by atoms with Gasteiger partial charge in [0.15, 0.2) is 5.16 Å². The highest BCUT2D eigenvalue weighted by Crippen LogP contribution is 2.30. The lowest BCUT2D eigenvalue weighted by Crippen LogP contribution is -2.31. The number of hydrogen-bond acceptors (Lipinski definition) is 4. The number of nitrogens with one attached hydrogen (secondary N) is 2. The largest absolute Gasteiger partial charge is 0.345 e.